The number of para-hydroxylation sites is 2. The van der Waals surface area contributed by atoms with E-state index in [2.05, 4.69) is 50.8 Å². The van der Waals surface area contributed by atoms with Gasteiger partial charge in [0.2, 0.25) is 5.95 Å². The Kier molecular flexibility index (Phi) is 10.8. The van der Waals surface area contributed by atoms with Gasteiger partial charge in [0, 0.05) is 61.9 Å². The number of benzene rings is 3. The average molecular weight is 674 g/mol. The van der Waals surface area contributed by atoms with E-state index in [-0.39, 0.29) is 11.3 Å². The highest BCUT2D eigenvalue weighted by Crippen LogP contribution is 2.40. The zero-order valence-electron chi connectivity index (χ0n) is 28.7. The Hall–Kier alpha value is -3.79. The first kappa shape index (κ1) is 34.1. The number of amides is 1. The first-order valence-corrected chi connectivity index (χ1v) is 17.5. The Morgan fingerprint density at radius 1 is 0.958 bits per heavy atom. The summed E-state index contributed by atoms with van der Waals surface area (Å²) >= 11 is 6.33. The van der Waals surface area contributed by atoms with Crippen LogP contribution in [0.15, 0.2) is 60.7 Å². The molecule has 0 spiro atoms. The van der Waals surface area contributed by atoms with Crippen LogP contribution >= 0.6 is 11.6 Å². The standard InChI is InChI=1S/C38H48ClN5O4/c1-5-48-24-23-44-33-10-7-6-9-32(33)40-37(44)42-18-8-17-41(21-22-42)19-15-38(30-11-13-31(39)14-12-30)16-20-43(27-38)36(45)29-25-28(2)35(47-4)34(26-29)46-3/h6-7,9-14,25-26H,5,8,15-24,27H2,1-4H3. The summed E-state index contributed by atoms with van der Waals surface area (Å²) in [5.41, 5.74) is 4.76. The van der Waals surface area contributed by atoms with Crippen LogP contribution in [0.1, 0.15) is 47.7 Å². The van der Waals surface area contributed by atoms with Gasteiger partial charge in [-0.05, 0) is 93.7 Å². The number of methoxy groups -OCH3 is 2. The van der Waals surface area contributed by atoms with Gasteiger partial charge >= 0.3 is 0 Å². The molecule has 2 saturated heterocycles. The van der Waals surface area contributed by atoms with Gasteiger partial charge in [-0.1, -0.05) is 35.9 Å². The molecule has 1 aromatic heterocycles. The second kappa shape index (κ2) is 15.2. The molecular weight excluding hydrogens is 626 g/mol. The molecule has 1 amide bonds. The molecule has 9 nitrogen and oxygen atoms in total. The summed E-state index contributed by atoms with van der Waals surface area (Å²) in [7, 11) is 3.23. The number of likely N-dealkylation sites (tertiary alicyclic amines) is 1. The van der Waals surface area contributed by atoms with E-state index in [1.807, 2.05) is 36.9 Å². The maximum Gasteiger partial charge on any atom is 0.254 e. The van der Waals surface area contributed by atoms with Crippen LogP contribution < -0.4 is 14.4 Å². The fourth-order valence-electron chi connectivity index (χ4n) is 7.49. The van der Waals surface area contributed by atoms with Gasteiger partial charge < -0.3 is 33.5 Å². The van der Waals surface area contributed by atoms with E-state index in [4.69, 9.17) is 30.8 Å². The molecule has 2 aliphatic rings. The van der Waals surface area contributed by atoms with Crippen LogP contribution in [0.2, 0.25) is 5.02 Å². The first-order valence-electron chi connectivity index (χ1n) is 17.1. The number of carbonyl (C=O) groups excluding carboxylic acids is 1. The van der Waals surface area contributed by atoms with Gasteiger partial charge in [-0.3, -0.25) is 4.79 Å². The molecular formula is C38H48ClN5O4. The number of hydrogen-bond donors (Lipinski definition) is 0. The van der Waals surface area contributed by atoms with E-state index in [0.29, 0.717) is 43.4 Å². The summed E-state index contributed by atoms with van der Waals surface area (Å²) < 4.78 is 19.1. The molecule has 6 rings (SSSR count). The Labute approximate surface area is 289 Å². The molecule has 0 saturated carbocycles. The average Bonchev–Trinajstić information content (AvgIpc) is 3.62. The maximum atomic E-state index is 13.9. The molecule has 0 radical (unpaired) electrons. The Morgan fingerprint density at radius 2 is 1.77 bits per heavy atom. The van der Waals surface area contributed by atoms with E-state index in [9.17, 15) is 4.79 Å². The van der Waals surface area contributed by atoms with Crippen molar-refractivity contribution in [2.45, 2.75) is 45.1 Å². The number of rotatable bonds is 12. The quantitative estimate of drug-likeness (QED) is 0.160. The topological polar surface area (TPSA) is 72.3 Å². The van der Waals surface area contributed by atoms with Crippen molar-refractivity contribution in [3.05, 3.63) is 82.4 Å². The fourth-order valence-corrected chi connectivity index (χ4v) is 7.61. The molecule has 1 unspecified atom stereocenters. The lowest BCUT2D eigenvalue weighted by Crippen LogP contribution is -2.39. The molecule has 10 heteroatoms. The maximum absolute atomic E-state index is 13.9. The predicted octanol–water partition coefficient (Wildman–Crippen LogP) is 6.44. The van der Waals surface area contributed by atoms with Crippen LogP contribution in [0.4, 0.5) is 5.95 Å². The molecule has 4 aromatic rings. The second-order valence-corrected chi connectivity index (χ2v) is 13.4. The number of fused-ring (bicyclic) bond motifs is 1. The molecule has 2 fully saturated rings. The van der Waals surface area contributed by atoms with Gasteiger partial charge in [0.1, 0.15) is 0 Å². The van der Waals surface area contributed by atoms with Gasteiger partial charge in [-0.25, -0.2) is 4.98 Å². The van der Waals surface area contributed by atoms with Crippen LogP contribution in [-0.4, -0.2) is 98.5 Å². The van der Waals surface area contributed by atoms with Crippen molar-refractivity contribution in [2.24, 2.45) is 0 Å². The molecule has 2 aliphatic heterocycles. The molecule has 1 atom stereocenters. The molecule has 3 aromatic carbocycles. The summed E-state index contributed by atoms with van der Waals surface area (Å²) in [6.07, 6.45) is 2.92. The number of nitrogens with zero attached hydrogens (tertiary/aromatic N) is 5. The summed E-state index contributed by atoms with van der Waals surface area (Å²) in [5.74, 6) is 2.28. The predicted molar refractivity (Wildman–Crippen MR) is 192 cm³/mol. The number of halogens is 1. The van der Waals surface area contributed by atoms with Crippen molar-refractivity contribution in [1.29, 1.82) is 0 Å². The highest BCUT2D eigenvalue weighted by molar-refractivity contribution is 6.30. The number of ether oxygens (including phenoxy) is 3. The summed E-state index contributed by atoms with van der Waals surface area (Å²) in [4.78, 5) is 26.0. The van der Waals surface area contributed by atoms with Crippen LogP contribution in [0.25, 0.3) is 11.0 Å². The molecule has 0 N–H and O–H groups in total. The summed E-state index contributed by atoms with van der Waals surface area (Å²) in [5, 5.41) is 0.723. The highest BCUT2D eigenvalue weighted by atomic mass is 35.5. The molecule has 48 heavy (non-hydrogen) atoms. The fraction of sp³-hybridized carbons (Fsp3) is 0.474. The Morgan fingerprint density at radius 3 is 2.54 bits per heavy atom. The number of hydrogen-bond acceptors (Lipinski definition) is 7. The third-order valence-electron chi connectivity index (χ3n) is 10.1. The smallest absolute Gasteiger partial charge is 0.254 e. The second-order valence-electron chi connectivity index (χ2n) is 13.0. The Bertz CT molecular complexity index is 1710. The van der Waals surface area contributed by atoms with Crippen LogP contribution in [0.5, 0.6) is 11.5 Å². The van der Waals surface area contributed by atoms with Crippen molar-refractivity contribution < 1.29 is 19.0 Å². The lowest BCUT2D eigenvalue weighted by atomic mass is 9.76. The monoisotopic (exact) mass is 673 g/mol. The largest absolute Gasteiger partial charge is 0.493 e. The number of carbonyl (C=O) groups is 1. The Balaban J connectivity index is 1.17. The van der Waals surface area contributed by atoms with Crippen molar-refractivity contribution in [2.75, 3.05) is 78.1 Å². The number of aryl methyl sites for hydroxylation is 1. The summed E-state index contributed by atoms with van der Waals surface area (Å²) in [6.45, 7) is 12.3. The van der Waals surface area contributed by atoms with Crippen LogP contribution in [0, 0.1) is 6.92 Å². The third kappa shape index (κ3) is 7.14. The highest BCUT2D eigenvalue weighted by Gasteiger charge is 2.42. The number of aromatic nitrogens is 2. The normalized spacial score (nSPS) is 18.8. The minimum atomic E-state index is -0.162. The van der Waals surface area contributed by atoms with Crippen molar-refractivity contribution in [3.63, 3.8) is 0 Å². The SMILES string of the molecule is CCOCCn1c(N2CCCN(CCC3(c4ccc(Cl)cc4)CCN(C(=O)c4cc(C)c(OC)c(OC)c4)C3)CC2)nc2ccccc21. The van der Waals surface area contributed by atoms with E-state index in [1.165, 1.54) is 5.56 Å². The van der Waals surface area contributed by atoms with E-state index in [0.717, 1.165) is 86.1 Å². The van der Waals surface area contributed by atoms with E-state index in [1.54, 1.807) is 20.3 Å². The van der Waals surface area contributed by atoms with Gasteiger partial charge in [-0.2, -0.15) is 0 Å². The molecule has 3 heterocycles. The first-order chi connectivity index (χ1) is 23.4. The van der Waals surface area contributed by atoms with Crippen molar-refractivity contribution in [1.82, 2.24) is 19.4 Å². The van der Waals surface area contributed by atoms with Crippen LogP contribution in [0.3, 0.4) is 0 Å². The molecule has 0 aliphatic carbocycles. The minimum Gasteiger partial charge on any atom is -0.493 e. The van der Waals surface area contributed by atoms with E-state index >= 15 is 0 Å². The van der Waals surface area contributed by atoms with Crippen molar-refractivity contribution >= 4 is 34.5 Å². The lowest BCUT2D eigenvalue weighted by molar-refractivity contribution is 0.0780. The number of imidazole rings is 1. The van der Waals surface area contributed by atoms with Gasteiger partial charge in [0.05, 0.1) is 31.9 Å². The zero-order chi connectivity index (χ0) is 33.7. The lowest BCUT2D eigenvalue weighted by Gasteiger charge is -2.33. The molecule has 0 bridgehead atoms. The minimum absolute atomic E-state index is 0.0209. The van der Waals surface area contributed by atoms with Crippen molar-refractivity contribution in [3.8, 4) is 11.5 Å². The summed E-state index contributed by atoms with van der Waals surface area (Å²) in [6, 6.07) is 20.3. The van der Waals surface area contributed by atoms with Crippen LogP contribution in [-0.2, 0) is 16.7 Å². The molecule has 256 valence electrons. The van der Waals surface area contributed by atoms with E-state index < -0.39 is 0 Å². The van der Waals surface area contributed by atoms with Gasteiger partial charge in [0.25, 0.3) is 5.91 Å². The number of anilines is 1. The van der Waals surface area contributed by atoms with Gasteiger partial charge in [-0.15, -0.1) is 0 Å². The van der Waals surface area contributed by atoms with Gasteiger partial charge in [0.15, 0.2) is 11.5 Å². The zero-order valence-corrected chi connectivity index (χ0v) is 29.5. The third-order valence-corrected chi connectivity index (χ3v) is 10.3.